The lowest BCUT2D eigenvalue weighted by molar-refractivity contribution is -0.135. The Labute approximate surface area is 222 Å². The molecule has 194 valence electrons. The van der Waals surface area contributed by atoms with Crippen molar-refractivity contribution >= 4 is 23.3 Å². The van der Waals surface area contributed by atoms with Gasteiger partial charge in [0.2, 0.25) is 5.91 Å². The Hall–Kier alpha value is -3.36. The Balaban J connectivity index is 1.21. The molecular formula is C29H34N4O3S. The number of benzene rings is 2. The summed E-state index contributed by atoms with van der Waals surface area (Å²) in [5, 5.41) is 5.16. The molecule has 1 N–H and O–H groups in total. The van der Waals surface area contributed by atoms with Crippen LogP contribution in [0.4, 0.5) is 4.79 Å². The van der Waals surface area contributed by atoms with Gasteiger partial charge < -0.3 is 19.9 Å². The Morgan fingerprint density at radius 2 is 1.81 bits per heavy atom. The summed E-state index contributed by atoms with van der Waals surface area (Å²) >= 11 is 1.80. The number of nitrogens with zero attached hydrogens (tertiary/aromatic N) is 3. The first-order valence-electron chi connectivity index (χ1n) is 12.8. The summed E-state index contributed by atoms with van der Waals surface area (Å²) in [6, 6.07) is 20.2. The number of methoxy groups -OCH3 is 1. The molecule has 7 nitrogen and oxygen atoms in total. The van der Waals surface area contributed by atoms with Gasteiger partial charge in [0, 0.05) is 43.6 Å². The predicted octanol–water partition coefficient (Wildman–Crippen LogP) is 4.15. The lowest BCUT2D eigenvalue weighted by Gasteiger charge is -2.41. The summed E-state index contributed by atoms with van der Waals surface area (Å²) in [5.41, 5.74) is 3.53. The quantitative estimate of drug-likeness (QED) is 0.533. The maximum Gasteiger partial charge on any atom is 0.318 e. The minimum absolute atomic E-state index is 0.0457. The SMILES string of the molecule is COc1ccc([C@H]2c3ccsc3CCN2CC(=O)N2CCN(C(=O)NCc3ccccc3)[C@@H](C)C2)cc1. The molecule has 2 atom stereocenters. The lowest BCUT2D eigenvalue weighted by atomic mass is 9.93. The third kappa shape index (κ3) is 5.65. The fourth-order valence-corrected chi connectivity index (χ4v) is 6.25. The van der Waals surface area contributed by atoms with Crippen molar-refractivity contribution in [3.8, 4) is 5.75 Å². The number of ether oxygens (including phenoxy) is 1. The summed E-state index contributed by atoms with van der Waals surface area (Å²) in [7, 11) is 1.67. The molecule has 8 heteroatoms. The zero-order chi connectivity index (χ0) is 25.8. The van der Waals surface area contributed by atoms with Gasteiger partial charge in [-0.3, -0.25) is 9.69 Å². The maximum absolute atomic E-state index is 13.5. The van der Waals surface area contributed by atoms with Gasteiger partial charge in [0.05, 0.1) is 19.7 Å². The van der Waals surface area contributed by atoms with Gasteiger partial charge in [-0.05, 0) is 53.6 Å². The van der Waals surface area contributed by atoms with Crippen LogP contribution in [-0.4, -0.2) is 72.5 Å². The van der Waals surface area contributed by atoms with Crippen LogP contribution in [0.5, 0.6) is 5.75 Å². The number of hydrogen-bond acceptors (Lipinski definition) is 5. The molecule has 2 aliphatic rings. The second kappa shape index (κ2) is 11.4. The van der Waals surface area contributed by atoms with E-state index in [4.69, 9.17) is 4.74 Å². The maximum atomic E-state index is 13.5. The van der Waals surface area contributed by atoms with Crippen LogP contribution in [0.25, 0.3) is 0 Å². The molecular weight excluding hydrogens is 484 g/mol. The second-order valence-electron chi connectivity index (χ2n) is 9.72. The highest BCUT2D eigenvalue weighted by atomic mass is 32.1. The van der Waals surface area contributed by atoms with Gasteiger partial charge in [-0.25, -0.2) is 4.79 Å². The minimum atomic E-state index is -0.0796. The van der Waals surface area contributed by atoms with Crippen molar-refractivity contribution in [1.29, 1.82) is 0 Å². The molecule has 3 amide bonds. The van der Waals surface area contributed by atoms with Crippen molar-refractivity contribution < 1.29 is 14.3 Å². The number of hydrogen-bond donors (Lipinski definition) is 1. The van der Waals surface area contributed by atoms with Crippen LogP contribution in [0.2, 0.25) is 0 Å². The van der Waals surface area contributed by atoms with Gasteiger partial charge in [-0.1, -0.05) is 42.5 Å². The molecule has 3 heterocycles. The number of fused-ring (bicyclic) bond motifs is 1. The van der Waals surface area contributed by atoms with Crippen LogP contribution in [0.1, 0.15) is 34.5 Å². The van der Waals surface area contributed by atoms with Gasteiger partial charge in [-0.2, -0.15) is 0 Å². The number of nitrogens with one attached hydrogen (secondary N) is 1. The van der Waals surface area contributed by atoms with Crippen molar-refractivity contribution in [2.45, 2.75) is 32.0 Å². The van der Waals surface area contributed by atoms with Crippen LogP contribution >= 0.6 is 11.3 Å². The third-order valence-corrected chi connectivity index (χ3v) is 8.36. The summed E-state index contributed by atoms with van der Waals surface area (Å²) in [5.74, 6) is 0.945. The number of amides is 3. The molecule has 0 bridgehead atoms. The molecule has 0 unspecified atom stereocenters. The fraction of sp³-hybridized carbons (Fsp3) is 0.379. The van der Waals surface area contributed by atoms with Gasteiger partial charge in [0.25, 0.3) is 0 Å². The van der Waals surface area contributed by atoms with E-state index >= 15 is 0 Å². The number of thiophene rings is 1. The van der Waals surface area contributed by atoms with Crippen LogP contribution in [-0.2, 0) is 17.8 Å². The largest absolute Gasteiger partial charge is 0.497 e. The monoisotopic (exact) mass is 518 g/mol. The molecule has 1 fully saturated rings. The smallest absolute Gasteiger partial charge is 0.318 e. The van der Waals surface area contributed by atoms with E-state index in [1.165, 1.54) is 16.0 Å². The fourth-order valence-electron chi connectivity index (χ4n) is 5.35. The van der Waals surface area contributed by atoms with E-state index < -0.39 is 0 Å². The van der Waals surface area contributed by atoms with Crippen LogP contribution in [0, 0.1) is 0 Å². The van der Waals surface area contributed by atoms with Crippen molar-refractivity contribution in [3.05, 3.63) is 87.6 Å². The van der Waals surface area contributed by atoms with E-state index in [0.29, 0.717) is 32.7 Å². The van der Waals surface area contributed by atoms with Crippen molar-refractivity contribution in [3.63, 3.8) is 0 Å². The molecule has 0 radical (unpaired) electrons. The highest BCUT2D eigenvalue weighted by Gasteiger charge is 2.34. The summed E-state index contributed by atoms with van der Waals surface area (Å²) in [6.45, 7) is 5.34. The van der Waals surface area contributed by atoms with Crippen molar-refractivity contribution in [2.75, 3.05) is 39.8 Å². The summed E-state index contributed by atoms with van der Waals surface area (Å²) in [6.07, 6.45) is 0.957. The van der Waals surface area contributed by atoms with Crippen LogP contribution in [0.3, 0.4) is 0 Å². The van der Waals surface area contributed by atoms with E-state index in [-0.39, 0.29) is 24.0 Å². The summed E-state index contributed by atoms with van der Waals surface area (Å²) in [4.78, 5) is 33.7. The van der Waals surface area contributed by atoms with Crippen LogP contribution < -0.4 is 10.1 Å². The van der Waals surface area contributed by atoms with Crippen molar-refractivity contribution in [1.82, 2.24) is 20.0 Å². The van der Waals surface area contributed by atoms with Gasteiger partial charge in [-0.15, -0.1) is 11.3 Å². The highest BCUT2D eigenvalue weighted by Crippen LogP contribution is 2.38. The number of piperazine rings is 1. The molecule has 1 aromatic heterocycles. The topological polar surface area (TPSA) is 65.1 Å². The second-order valence-corrected chi connectivity index (χ2v) is 10.7. The first-order valence-corrected chi connectivity index (χ1v) is 13.7. The molecule has 2 aromatic carbocycles. The normalized spacial score (nSPS) is 19.8. The predicted molar refractivity (Wildman–Crippen MR) is 146 cm³/mol. The van der Waals surface area contributed by atoms with Gasteiger partial charge in [0.1, 0.15) is 5.75 Å². The van der Waals surface area contributed by atoms with E-state index in [9.17, 15) is 9.59 Å². The minimum Gasteiger partial charge on any atom is -0.497 e. The van der Waals surface area contributed by atoms with Crippen molar-refractivity contribution in [2.24, 2.45) is 0 Å². The standard InChI is InChI=1S/C29H34N4O3S/c1-21-19-31(15-16-33(21)29(35)30-18-22-6-4-3-5-7-22)27(34)20-32-14-12-26-25(13-17-37-26)28(32)23-8-10-24(36-2)11-9-23/h3-11,13,17,21,28H,12,14-16,18-20H2,1-2H3,(H,30,35)/t21-,28-/m0/s1. The highest BCUT2D eigenvalue weighted by molar-refractivity contribution is 7.10. The molecule has 3 aromatic rings. The zero-order valence-corrected chi connectivity index (χ0v) is 22.2. The average Bonchev–Trinajstić information content (AvgIpc) is 3.41. The zero-order valence-electron chi connectivity index (χ0n) is 21.4. The number of carbonyl (C=O) groups is 2. The molecule has 5 rings (SSSR count). The molecule has 1 saturated heterocycles. The Morgan fingerprint density at radius 1 is 1.03 bits per heavy atom. The average molecular weight is 519 g/mol. The van der Waals surface area contributed by atoms with Gasteiger partial charge >= 0.3 is 6.03 Å². The number of urea groups is 1. The third-order valence-electron chi connectivity index (χ3n) is 7.36. The molecule has 0 spiro atoms. The Morgan fingerprint density at radius 3 is 2.54 bits per heavy atom. The van der Waals surface area contributed by atoms with Gasteiger partial charge in [0.15, 0.2) is 0 Å². The number of carbonyl (C=O) groups excluding carboxylic acids is 2. The molecule has 0 aliphatic carbocycles. The first kappa shape index (κ1) is 25.3. The Kier molecular flexibility index (Phi) is 7.76. The lowest BCUT2D eigenvalue weighted by Crippen LogP contribution is -2.58. The summed E-state index contributed by atoms with van der Waals surface area (Å²) < 4.78 is 5.35. The molecule has 2 aliphatic heterocycles. The molecule has 0 saturated carbocycles. The first-order chi connectivity index (χ1) is 18.0. The number of rotatable bonds is 6. The van der Waals surface area contributed by atoms with E-state index in [2.05, 4.69) is 33.8 Å². The Bertz CT molecular complexity index is 1210. The van der Waals surface area contributed by atoms with E-state index in [1.54, 1.807) is 18.4 Å². The van der Waals surface area contributed by atoms with E-state index in [1.807, 2.05) is 59.2 Å². The van der Waals surface area contributed by atoms with Crippen LogP contribution in [0.15, 0.2) is 66.0 Å². The van der Waals surface area contributed by atoms with E-state index in [0.717, 1.165) is 24.3 Å². The molecule has 37 heavy (non-hydrogen) atoms.